The van der Waals surface area contributed by atoms with E-state index in [2.05, 4.69) is 0 Å². The summed E-state index contributed by atoms with van der Waals surface area (Å²) in [6.45, 7) is 3.51. The highest BCUT2D eigenvalue weighted by atomic mass is 16.6. The molecular formula is C14H16N2O5. The van der Waals surface area contributed by atoms with E-state index in [-0.39, 0.29) is 0 Å². The van der Waals surface area contributed by atoms with Crippen molar-refractivity contribution in [3.8, 4) is 5.75 Å². The molecule has 2 heterocycles. The summed E-state index contributed by atoms with van der Waals surface area (Å²) >= 11 is 0. The second-order valence-corrected chi connectivity index (χ2v) is 4.87. The van der Waals surface area contributed by atoms with E-state index < -0.39 is 12.2 Å². The first kappa shape index (κ1) is 13.5. The number of anilines is 2. The highest BCUT2D eigenvalue weighted by molar-refractivity contribution is 5.97. The summed E-state index contributed by atoms with van der Waals surface area (Å²) in [6.07, 6.45) is -0.817. The van der Waals surface area contributed by atoms with Crippen molar-refractivity contribution in [2.75, 3.05) is 43.2 Å². The molecule has 2 saturated heterocycles. The van der Waals surface area contributed by atoms with E-state index in [0.29, 0.717) is 43.4 Å². The van der Waals surface area contributed by atoms with Crippen LogP contribution in [0.4, 0.5) is 21.0 Å². The zero-order chi connectivity index (χ0) is 15.0. The number of ether oxygens (including phenoxy) is 3. The molecular weight excluding hydrogens is 276 g/mol. The fourth-order valence-electron chi connectivity index (χ4n) is 2.57. The minimum Gasteiger partial charge on any atom is -0.492 e. The topological polar surface area (TPSA) is 68.3 Å². The van der Waals surface area contributed by atoms with Crippen LogP contribution >= 0.6 is 0 Å². The van der Waals surface area contributed by atoms with Crippen LogP contribution in [0.1, 0.15) is 5.56 Å². The van der Waals surface area contributed by atoms with Gasteiger partial charge in [0.2, 0.25) is 0 Å². The van der Waals surface area contributed by atoms with Gasteiger partial charge in [-0.25, -0.2) is 9.59 Å². The quantitative estimate of drug-likeness (QED) is 0.851. The first-order chi connectivity index (χ1) is 10.1. The zero-order valence-corrected chi connectivity index (χ0v) is 11.9. The molecule has 0 unspecified atom stereocenters. The highest BCUT2D eigenvalue weighted by Crippen LogP contribution is 2.41. The van der Waals surface area contributed by atoms with Crippen LogP contribution in [-0.2, 0) is 9.47 Å². The maximum atomic E-state index is 11.8. The van der Waals surface area contributed by atoms with E-state index in [9.17, 15) is 9.59 Å². The van der Waals surface area contributed by atoms with Crippen molar-refractivity contribution in [2.24, 2.45) is 0 Å². The summed E-state index contributed by atoms with van der Waals surface area (Å²) in [6, 6.07) is 3.69. The van der Waals surface area contributed by atoms with Crippen LogP contribution < -0.4 is 14.5 Å². The van der Waals surface area contributed by atoms with E-state index in [1.54, 1.807) is 0 Å². The predicted molar refractivity (Wildman–Crippen MR) is 75.1 cm³/mol. The summed E-state index contributed by atoms with van der Waals surface area (Å²) in [4.78, 5) is 26.6. The molecule has 0 aromatic heterocycles. The Morgan fingerprint density at radius 1 is 1.00 bits per heavy atom. The van der Waals surface area contributed by atoms with Crippen molar-refractivity contribution >= 4 is 23.6 Å². The fourth-order valence-corrected chi connectivity index (χ4v) is 2.57. The van der Waals surface area contributed by atoms with E-state index in [1.807, 2.05) is 19.1 Å². The molecule has 7 heteroatoms. The van der Waals surface area contributed by atoms with Gasteiger partial charge in [-0.3, -0.25) is 9.80 Å². The molecule has 2 aliphatic rings. The van der Waals surface area contributed by atoms with Gasteiger partial charge in [-0.1, -0.05) is 0 Å². The van der Waals surface area contributed by atoms with Crippen LogP contribution in [0.3, 0.4) is 0 Å². The van der Waals surface area contributed by atoms with Gasteiger partial charge in [0.1, 0.15) is 13.2 Å². The Kier molecular flexibility index (Phi) is 3.32. The van der Waals surface area contributed by atoms with Crippen molar-refractivity contribution in [3.05, 3.63) is 17.7 Å². The molecule has 1 aromatic carbocycles. The molecule has 21 heavy (non-hydrogen) atoms. The number of aryl methyl sites for hydroxylation is 1. The van der Waals surface area contributed by atoms with Crippen LogP contribution in [0.25, 0.3) is 0 Å². The third-order valence-electron chi connectivity index (χ3n) is 3.50. The molecule has 0 radical (unpaired) electrons. The normalized spacial score (nSPS) is 18.0. The Bertz CT molecular complexity index is 554. The predicted octanol–water partition coefficient (Wildman–Crippen LogP) is 1.92. The van der Waals surface area contributed by atoms with Crippen molar-refractivity contribution < 1.29 is 23.8 Å². The third kappa shape index (κ3) is 2.24. The Balaban J connectivity index is 2.10. The van der Waals surface area contributed by atoms with Gasteiger partial charge in [0.15, 0.2) is 5.75 Å². The molecule has 2 aliphatic heterocycles. The van der Waals surface area contributed by atoms with Crippen molar-refractivity contribution in [1.82, 2.24) is 0 Å². The van der Waals surface area contributed by atoms with Gasteiger partial charge in [-0.15, -0.1) is 0 Å². The highest BCUT2D eigenvalue weighted by Gasteiger charge is 2.32. The van der Waals surface area contributed by atoms with Gasteiger partial charge in [0, 0.05) is 0 Å². The minimum atomic E-state index is -0.408. The van der Waals surface area contributed by atoms with E-state index in [4.69, 9.17) is 14.2 Å². The summed E-state index contributed by atoms with van der Waals surface area (Å²) in [5.41, 5.74) is 2.13. The standard InChI is InChI=1S/C14H16N2O5/c1-9-7-10(15-3-5-20-13(15)17)12(19-2)11(8-9)16-4-6-21-14(16)18/h7-8H,3-6H2,1-2H3. The van der Waals surface area contributed by atoms with Crippen molar-refractivity contribution in [3.63, 3.8) is 0 Å². The smallest absolute Gasteiger partial charge is 0.414 e. The van der Waals surface area contributed by atoms with Crippen LogP contribution in [0.2, 0.25) is 0 Å². The number of carbonyl (C=O) groups excluding carboxylic acids is 2. The maximum Gasteiger partial charge on any atom is 0.414 e. The van der Waals surface area contributed by atoms with Gasteiger partial charge < -0.3 is 14.2 Å². The number of carbonyl (C=O) groups is 2. The second kappa shape index (κ2) is 5.16. The van der Waals surface area contributed by atoms with Crippen LogP contribution in [0.15, 0.2) is 12.1 Å². The van der Waals surface area contributed by atoms with Gasteiger partial charge >= 0.3 is 12.2 Å². The zero-order valence-electron chi connectivity index (χ0n) is 11.9. The van der Waals surface area contributed by atoms with Crippen molar-refractivity contribution in [2.45, 2.75) is 6.92 Å². The van der Waals surface area contributed by atoms with Crippen LogP contribution in [0.5, 0.6) is 5.75 Å². The lowest BCUT2D eigenvalue weighted by molar-refractivity contribution is 0.180. The lowest BCUT2D eigenvalue weighted by Gasteiger charge is -2.23. The molecule has 1 aromatic rings. The summed E-state index contributed by atoms with van der Waals surface area (Å²) < 4.78 is 15.4. The average Bonchev–Trinajstić information content (AvgIpc) is 3.06. The number of hydrogen-bond acceptors (Lipinski definition) is 5. The monoisotopic (exact) mass is 292 g/mol. The molecule has 0 atom stereocenters. The summed E-state index contributed by atoms with van der Waals surface area (Å²) in [5, 5.41) is 0. The Hall–Kier alpha value is -2.44. The van der Waals surface area contributed by atoms with E-state index >= 15 is 0 Å². The largest absolute Gasteiger partial charge is 0.492 e. The Morgan fingerprint density at radius 3 is 1.81 bits per heavy atom. The number of benzene rings is 1. The molecule has 0 aliphatic carbocycles. The number of amides is 2. The van der Waals surface area contributed by atoms with Gasteiger partial charge in [-0.2, -0.15) is 0 Å². The lowest BCUT2D eigenvalue weighted by Crippen LogP contribution is -2.27. The number of cyclic esters (lactones) is 2. The molecule has 2 amide bonds. The summed E-state index contributed by atoms with van der Waals surface area (Å²) in [7, 11) is 1.51. The lowest BCUT2D eigenvalue weighted by atomic mass is 10.1. The molecule has 0 spiro atoms. The van der Waals surface area contributed by atoms with Gasteiger partial charge in [0.05, 0.1) is 31.6 Å². The molecule has 2 fully saturated rings. The average molecular weight is 292 g/mol. The first-order valence-corrected chi connectivity index (χ1v) is 6.69. The molecule has 0 N–H and O–H groups in total. The molecule has 0 saturated carbocycles. The van der Waals surface area contributed by atoms with E-state index in [0.717, 1.165) is 5.56 Å². The molecule has 7 nitrogen and oxygen atoms in total. The van der Waals surface area contributed by atoms with Gasteiger partial charge in [-0.05, 0) is 24.6 Å². The molecule has 0 bridgehead atoms. The molecule has 3 rings (SSSR count). The number of methoxy groups -OCH3 is 1. The number of rotatable bonds is 3. The minimum absolute atomic E-state index is 0.344. The van der Waals surface area contributed by atoms with Gasteiger partial charge in [0.25, 0.3) is 0 Å². The third-order valence-corrected chi connectivity index (χ3v) is 3.50. The first-order valence-electron chi connectivity index (χ1n) is 6.69. The molecule has 112 valence electrons. The second-order valence-electron chi connectivity index (χ2n) is 4.87. The number of hydrogen-bond donors (Lipinski definition) is 0. The van der Waals surface area contributed by atoms with Crippen molar-refractivity contribution in [1.29, 1.82) is 0 Å². The SMILES string of the molecule is COc1c(N2CCOC2=O)cc(C)cc1N1CCOC1=O. The Labute approximate surface area is 122 Å². The fraction of sp³-hybridized carbons (Fsp3) is 0.429. The van der Waals surface area contributed by atoms with E-state index in [1.165, 1.54) is 16.9 Å². The van der Waals surface area contributed by atoms with Crippen LogP contribution in [0, 0.1) is 6.92 Å². The maximum absolute atomic E-state index is 11.8. The number of nitrogens with zero attached hydrogens (tertiary/aromatic N) is 2. The van der Waals surface area contributed by atoms with Crippen LogP contribution in [-0.4, -0.2) is 45.6 Å². The Morgan fingerprint density at radius 2 is 1.48 bits per heavy atom. The summed E-state index contributed by atoms with van der Waals surface area (Å²) in [5.74, 6) is 0.471.